The summed E-state index contributed by atoms with van der Waals surface area (Å²) >= 11 is 6.06. The van der Waals surface area contributed by atoms with Crippen LogP contribution in [0.2, 0.25) is 5.02 Å². The van der Waals surface area contributed by atoms with Crippen LogP contribution in [0.1, 0.15) is 31.7 Å². The van der Waals surface area contributed by atoms with Crippen molar-refractivity contribution in [3.8, 4) is 5.75 Å². The van der Waals surface area contributed by atoms with Crippen LogP contribution in [0.5, 0.6) is 5.75 Å². The number of rotatable bonds is 6. The number of ether oxygens (including phenoxy) is 1. The number of amides is 1. The second-order valence-corrected chi connectivity index (χ2v) is 6.93. The van der Waals surface area contributed by atoms with Crippen molar-refractivity contribution in [2.75, 3.05) is 27.2 Å². The lowest BCUT2D eigenvalue weighted by atomic mass is 9.85. The highest BCUT2D eigenvalue weighted by Gasteiger charge is 2.23. The minimum Gasteiger partial charge on any atom is -0.496 e. The average Bonchev–Trinajstić information content (AvgIpc) is 2.55. The Morgan fingerprint density at radius 1 is 1.50 bits per heavy atom. The molecule has 6 heteroatoms. The number of benzene rings is 1. The van der Waals surface area contributed by atoms with Crippen molar-refractivity contribution >= 4 is 29.9 Å². The first-order chi connectivity index (χ1) is 11.0. The van der Waals surface area contributed by atoms with Crippen LogP contribution < -0.4 is 10.1 Å². The Morgan fingerprint density at radius 2 is 2.25 bits per heavy atom. The summed E-state index contributed by atoms with van der Waals surface area (Å²) in [5.74, 6) is 1.93. The standard InChI is InChI=1S/C18H27ClN2O2.ClH/c1-13(14-5-4-8-20-11-14)9-18(22)21(2)12-15-10-16(19)6-7-17(15)23-3;/h6-7,10,13-14,20H,4-5,8-9,11-12H2,1-3H3;1H. The van der Waals surface area contributed by atoms with Gasteiger partial charge in [-0.3, -0.25) is 4.79 Å². The number of hydrogen-bond donors (Lipinski definition) is 1. The van der Waals surface area contributed by atoms with E-state index in [1.54, 1.807) is 18.1 Å². The fourth-order valence-corrected chi connectivity index (χ4v) is 3.37. The predicted molar refractivity (Wildman–Crippen MR) is 101 cm³/mol. The number of hydrogen-bond acceptors (Lipinski definition) is 3. The second-order valence-electron chi connectivity index (χ2n) is 6.49. The van der Waals surface area contributed by atoms with E-state index in [4.69, 9.17) is 16.3 Å². The number of nitrogens with zero attached hydrogens (tertiary/aromatic N) is 1. The molecular formula is C18H28Cl2N2O2. The van der Waals surface area contributed by atoms with E-state index in [9.17, 15) is 4.79 Å². The van der Waals surface area contributed by atoms with Crippen LogP contribution in [0.3, 0.4) is 0 Å². The average molecular weight is 375 g/mol. The van der Waals surface area contributed by atoms with Crippen molar-refractivity contribution < 1.29 is 9.53 Å². The third kappa shape index (κ3) is 5.83. The van der Waals surface area contributed by atoms with Gasteiger partial charge in [-0.05, 0) is 56.0 Å². The number of piperidine rings is 1. The summed E-state index contributed by atoms with van der Waals surface area (Å²) in [5, 5.41) is 4.08. The van der Waals surface area contributed by atoms with Crippen LogP contribution >= 0.6 is 24.0 Å². The summed E-state index contributed by atoms with van der Waals surface area (Å²) in [5.41, 5.74) is 0.933. The summed E-state index contributed by atoms with van der Waals surface area (Å²) < 4.78 is 5.35. The maximum absolute atomic E-state index is 12.5. The van der Waals surface area contributed by atoms with E-state index in [2.05, 4.69) is 12.2 Å². The smallest absolute Gasteiger partial charge is 0.222 e. The van der Waals surface area contributed by atoms with Gasteiger partial charge in [0.1, 0.15) is 5.75 Å². The van der Waals surface area contributed by atoms with E-state index < -0.39 is 0 Å². The van der Waals surface area contributed by atoms with Gasteiger partial charge < -0.3 is 15.0 Å². The number of methoxy groups -OCH3 is 1. The molecule has 0 aliphatic carbocycles. The molecular weight excluding hydrogens is 347 g/mol. The molecule has 1 N–H and O–H groups in total. The first-order valence-corrected chi connectivity index (χ1v) is 8.66. The van der Waals surface area contributed by atoms with E-state index in [0.717, 1.165) is 24.4 Å². The monoisotopic (exact) mass is 374 g/mol. The lowest BCUT2D eigenvalue weighted by Crippen LogP contribution is -2.36. The van der Waals surface area contributed by atoms with Crippen molar-refractivity contribution in [2.24, 2.45) is 11.8 Å². The van der Waals surface area contributed by atoms with Gasteiger partial charge in [0.2, 0.25) is 5.91 Å². The molecule has 1 amide bonds. The second kappa shape index (κ2) is 10.1. The van der Waals surface area contributed by atoms with Crippen LogP contribution in [-0.4, -0.2) is 38.1 Å². The van der Waals surface area contributed by atoms with E-state index in [1.807, 2.05) is 19.2 Å². The number of carbonyl (C=O) groups is 1. The molecule has 1 aromatic rings. The molecule has 1 saturated heterocycles. The summed E-state index contributed by atoms with van der Waals surface area (Å²) in [6.07, 6.45) is 3.01. The van der Waals surface area contributed by atoms with Gasteiger partial charge in [0.15, 0.2) is 0 Å². The zero-order valence-electron chi connectivity index (χ0n) is 14.7. The first-order valence-electron chi connectivity index (χ1n) is 8.28. The summed E-state index contributed by atoms with van der Waals surface area (Å²) in [7, 11) is 3.47. The highest BCUT2D eigenvalue weighted by Crippen LogP contribution is 2.26. The molecule has 1 aromatic carbocycles. The third-order valence-electron chi connectivity index (χ3n) is 4.71. The van der Waals surface area contributed by atoms with Crippen LogP contribution in [0.15, 0.2) is 18.2 Å². The molecule has 2 atom stereocenters. The van der Waals surface area contributed by atoms with E-state index in [0.29, 0.717) is 29.8 Å². The Labute approximate surface area is 156 Å². The zero-order valence-corrected chi connectivity index (χ0v) is 16.3. The highest BCUT2D eigenvalue weighted by atomic mass is 35.5. The Bertz CT molecular complexity index is 534. The molecule has 2 unspecified atom stereocenters. The first kappa shape index (κ1) is 21.1. The lowest BCUT2D eigenvalue weighted by Gasteiger charge is -2.29. The molecule has 0 aromatic heterocycles. The van der Waals surface area contributed by atoms with Gasteiger partial charge in [0, 0.05) is 30.6 Å². The maximum Gasteiger partial charge on any atom is 0.222 e. The van der Waals surface area contributed by atoms with Crippen molar-refractivity contribution in [3.05, 3.63) is 28.8 Å². The largest absolute Gasteiger partial charge is 0.496 e. The molecule has 1 fully saturated rings. The van der Waals surface area contributed by atoms with E-state index in [-0.39, 0.29) is 18.3 Å². The minimum atomic E-state index is 0. The lowest BCUT2D eigenvalue weighted by molar-refractivity contribution is -0.131. The fourth-order valence-electron chi connectivity index (χ4n) is 3.18. The molecule has 0 saturated carbocycles. The van der Waals surface area contributed by atoms with E-state index in [1.165, 1.54) is 12.8 Å². The maximum atomic E-state index is 12.5. The minimum absolute atomic E-state index is 0. The fraction of sp³-hybridized carbons (Fsp3) is 0.611. The van der Waals surface area contributed by atoms with Crippen LogP contribution in [0, 0.1) is 11.8 Å². The molecule has 4 nitrogen and oxygen atoms in total. The van der Waals surface area contributed by atoms with Crippen molar-refractivity contribution in [2.45, 2.75) is 32.7 Å². The van der Waals surface area contributed by atoms with Gasteiger partial charge in [-0.25, -0.2) is 0 Å². The van der Waals surface area contributed by atoms with Crippen LogP contribution in [0.25, 0.3) is 0 Å². The molecule has 0 bridgehead atoms. The Kier molecular flexibility index (Phi) is 8.88. The van der Waals surface area contributed by atoms with Gasteiger partial charge in [0.05, 0.1) is 7.11 Å². The Morgan fingerprint density at radius 3 is 2.88 bits per heavy atom. The molecule has 0 spiro atoms. The van der Waals surface area contributed by atoms with Crippen LogP contribution in [-0.2, 0) is 11.3 Å². The summed E-state index contributed by atoms with van der Waals surface area (Å²) in [6, 6.07) is 5.49. The molecule has 24 heavy (non-hydrogen) atoms. The molecule has 136 valence electrons. The number of carbonyl (C=O) groups excluding carboxylic acids is 1. The summed E-state index contributed by atoms with van der Waals surface area (Å²) in [4.78, 5) is 14.3. The van der Waals surface area contributed by atoms with Gasteiger partial charge in [-0.15, -0.1) is 12.4 Å². The van der Waals surface area contributed by atoms with Gasteiger partial charge in [-0.1, -0.05) is 18.5 Å². The Hall–Kier alpha value is -0.970. The molecule has 1 aliphatic rings. The Balaban J connectivity index is 0.00000288. The topological polar surface area (TPSA) is 41.6 Å². The number of nitrogens with one attached hydrogen (secondary N) is 1. The van der Waals surface area contributed by atoms with Crippen LogP contribution in [0.4, 0.5) is 0 Å². The van der Waals surface area contributed by atoms with Crippen molar-refractivity contribution in [3.63, 3.8) is 0 Å². The van der Waals surface area contributed by atoms with Crippen molar-refractivity contribution in [1.82, 2.24) is 10.2 Å². The quantitative estimate of drug-likeness (QED) is 0.823. The normalized spacial score (nSPS) is 18.4. The molecule has 2 rings (SSSR count). The third-order valence-corrected chi connectivity index (χ3v) is 4.95. The van der Waals surface area contributed by atoms with Gasteiger partial charge in [0.25, 0.3) is 0 Å². The molecule has 1 heterocycles. The van der Waals surface area contributed by atoms with Gasteiger partial charge >= 0.3 is 0 Å². The summed E-state index contributed by atoms with van der Waals surface area (Å²) in [6.45, 7) is 4.83. The van der Waals surface area contributed by atoms with Crippen molar-refractivity contribution in [1.29, 1.82) is 0 Å². The molecule has 0 radical (unpaired) electrons. The number of halogens is 2. The SMILES string of the molecule is COc1ccc(Cl)cc1CN(C)C(=O)CC(C)C1CCCNC1.Cl. The molecule has 1 aliphatic heterocycles. The van der Waals surface area contributed by atoms with Gasteiger partial charge in [-0.2, -0.15) is 0 Å². The van der Waals surface area contributed by atoms with E-state index >= 15 is 0 Å². The predicted octanol–water partition coefficient (Wildman–Crippen LogP) is 3.75. The zero-order chi connectivity index (χ0) is 16.8. The highest BCUT2D eigenvalue weighted by molar-refractivity contribution is 6.30.